The second-order valence-electron chi connectivity index (χ2n) is 10.6. The lowest BCUT2D eigenvalue weighted by Gasteiger charge is -2.43. The van der Waals surface area contributed by atoms with Crippen molar-refractivity contribution in [3.05, 3.63) is 29.3 Å². The largest absolute Gasteiger partial charge is 0.477 e. The standard InChI is InChI=1S/C26H39ClN2O4/c1-25(2,3)33-24(31)28-18-19-14-16-29(17-15-19)23(30)26(4,20-8-6-5-7-9-20)32-22-12-10-21(27)11-13-22/h10-13,19-20H,5-9,14-18H2,1-4H3,(H,28,31). The van der Waals surface area contributed by atoms with Crippen LogP contribution in [0.25, 0.3) is 0 Å². The van der Waals surface area contributed by atoms with Crippen LogP contribution >= 0.6 is 11.6 Å². The SMILES string of the molecule is CC(C)(C)OC(=O)NCC1CCN(C(=O)C(C)(Oc2ccc(Cl)cc2)C2CCCCC2)CC1. The molecule has 0 radical (unpaired) electrons. The van der Waals surface area contributed by atoms with Gasteiger partial charge in [-0.25, -0.2) is 4.79 Å². The van der Waals surface area contributed by atoms with E-state index >= 15 is 0 Å². The fourth-order valence-corrected chi connectivity index (χ4v) is 5.02. The van der Waals surface area contributed by atoms with E-state index in [1.54, 1.807) is 12.1 Å². The minimum absolute atomic E-state index is 0.0721. The Balaban J connectivity index is 1.61. The molecule has 1 N–H and O–H groups in total. The van der Waals surface area contributed by atoms with Crippen molar-refractivity contribution in [3.63, 3.8) is 0 Å². The molecule has 1 atom stereocenters. The van der Waals surface area contributed by atoms with Gasteiger partial charge in [0.15, 0.2) is 5.60 Å². The van der Waals surface area contributed by atoms with Crippen LogP contribution in [-0.4, -0.2) is 47.7 Å². The summed E-state index contributed by atoms with van der Waals surface area (Å²) in [5, 5.41) is 3.52. The number of halogens is 1. The molecule has 1 unspecified atom stereocenters. The van der Waals surface area contributed by atoms with Gasteiger partial charge in [-0.05, 0) is 83.6 Å². The predicted octanol–water partition coefficient (Wildman–Crippen LogP) is 5.82. The summed E-state index contributed by atoms with van der Waals surface area (Å²) in [6.07, 6.45) is 6.82. The van der Waals surface area contributed by atoms with Gasteiger partial charge in [0.1, 0.15) is 11.4 Å². The fourth-order valence-electron chi connectivity index (χ4n) is 4.90. The van der Waals surface area contributed by atoms with E-state index in [0.29, 0.717) is 36.3 Å². The van der Waals surface area contributed by atoms with E-state index in [-0.39, 0.29) is 17.9 Å². The van der Waals surface area contributed by atoms with Crippen molar-refractivity contribution in [2.45, 2.75) is 83.8 Å². The van der Waals surface area contributed by atoms with Crippen LogP contribution in [0, 0.1) is 11.8 Å². The van der Waals surface area contributed by atoms with Gasteiger partial charge in [-0.15, -0.1) is 0 Å². The molecule has 1 saturated heterocycles. The zero-order valence-electron chi connectivity index (χ0n) is 20.5. The lowest BCUT2D eigenvalue weighted by atomic mass is 9.76. The summed E-state index contributed by atoms with van der Waals surface area (Å²) in [5.41, 5.74) is -1.40. The molecular weight excluding hydrogens is 440 g/mol. The molecule has 1 aromatic rings. The van der Waals surface area contributed by atoms with E-state index in [2.05, 4.69) is 5.32 Å². The van der Waals surface area contributed by atoms with Gasteiger partial charge in [0.25, 0.3) is 5.91 Å². The number of nitrogens with one attached hydrogen (secondary N) is 1. The van der Waals surface area contributed by atoms with E-state index < -0.39 is 11.2 Å². The number of ether oxygens (including phenoxy) is 2. The Hall–Kier alpha value is -1.95. The average Bonchev–Trinajstić information content (AvgIpc) is 2.78. The molecule has 0 spiro atoms. The fraction of sp³-hybridized carbons (Fsp3) is 0.692. The van der Waals surface area contributed by atoms with E-state index in [1.165, 1.54) is 6.42 Å². The zero-order chi connectivity index (χ0) is 24.1. The number of carbonyl (C=O) groups excluding carboxylic acids is 2. The molecule has 2 fully saturated rings. The number of likely N-dealkylation sites (tertiary alicyclic amines) is 1. The molecule has 1 aliphatic heterocycles. The van der Waals surface area contributed by atoms with Gasteiger partial charge in [0, 0.05) is 30.6 Å². The lowest BCUT2D eigenvalue weighted by Crippen LogP contribution is -2.57. The summed E-state index contributed by atoms with van der Waals surface area (Å²) < 4.78 is 11.8. The van der Waals surface area contributed by atoms with E-state index in [9.17, 15) is 9.59 Å². The molecule has 0 bridgehead atoms. The normalized spacial score (nSPS) is 20.1. The van der Waals surface area contributed by atoms with Crippen LogP contribution in [0.5, 0.6) is 5.75 Å². The molecule has 2 aliphatic rings. The number of nitrogens with zero attached hydrogens (tertiary/aromatic N) is 1. The highest BCUT2D eigenvalue weighted by Gasteiger charge is 2.46. The van der Waals surface area contributed by atoms with E-state index in [1.807, 2.05) is 44.7 Å². The van der Waals surface area contributed by atoms with Gasteiger partial charge in [-0.3, -0.25) is 4.79 Å². The predicted molar refractivity (Wildman–Crippen MR) is 131 cm³/mol. The van der Waals surface area contributed by atoms with Gasteiger partial charge >= 0.3 is 6.09 Å². The summed E-state index contributed by atoms with van der Waals surface area (Å²) in [5.74, 6) is 1.28. The minimum atomic E-state index is -0.893. The van der Waals surface area contributed by atoms with Crippen molar-refractivity contribution in [1.82, 2.24) is 10.2 Å². The highest BCUT2D eigenvalue weighted by atomic mass is 35.5. The summed E-state index contributed by atoms with van der Waals surface area (Å²) in [6, 6.07) is 7.27. The van der Waals surface area contributed by atoms with Crippen molar-refractivity contribution in [3.8, 4) is 5.75 Å². The van der Waals surface area contributed by atoms with Gasteiger partial charge in [-0.2, -0.15) is 0 Å². The lowest BCUT2D eigenvalue weighted by molar-refractivity contribution is -0.154. The summed E-state index contributed by atoms with van der Waals surface area (Å²) in [7, 11) is 0. The zero-order valence-corrected chi connectivity index (χ0v) is 21.2. The van der Waals surface area contributed by atoms with Crippen molar-refractivity contribution in [2.75, 3.05) is 19.6 Å². The molecule has 0 aromatic heterocycles. The molecule has 1 saturated carbocycles. The Kier molecular flexibility index (Phi) is 8.54. The molecule has 2 amide bonds. The molecule has 6 nitrogen and oxygen atoms in total. The summed E-state index contributed by atoms with van der Waals surface area (Å²) >= 11 is 6.04. The maximum atomic E-state index is 13.8. The summed E-state index contributed by atoms with van der Waals surface area (Å²) in [4.78, 5) is 27.7. The van der Waals surface area contributed by atoms with Crippen LogP contribution in [0.3, 0.4) is 0 Å². The first-order valence-electron chi connectivity index (χ1n) is 12.3. The van der Waals surface area contributed by atoms with Gasteiger partial charge in [-0.1, -0.05) is 30.9 Å². The Bertz CT molecular complexity index is 794. The molecule has 7 heteroatoms. The maximum Gasteiger partial charge on any atom is 0.407 e. The highest BCUT2D eigenvalue weighted by Crippen LogP contribution is 2.38. The van der Waals surface area contributed by atoms with Crippen LogP contribution in [0.2, 0.25) is 5.02 Å². The molecule has 1 heterocycles. The topological polar surface area (TPSA) is 67.9 Å². The minimum Gasteiger partial charge on any atom is -0.477 e. The van der Waals surface area contributed by atoms with Crippen molar-refractivity contribution < 1.29 is 19.1 Å². The third-order valence-electron chi connectivity index (χ3n) is 6.79. The molecule has 1 aromatic carbocycles. The van der Waals surface area contributed by atoms with E-state index in [0.717, 1.165) is 38.5 Å². The Labute approximate surface area is 203 Å². The van der Waals surface area contributed by atoms with Crippen molar-refractivity contribution in [2.24, 2.45) is 11.8 Å². The monoisotopic (exact) mass is 478 g/mol. The van der Waals surface area contributed by atoms with Gasteiger partial charge in [0.2, 0.25) is 0 Å². The quantitative estimate of drug-likeness (QED) is 0.559. The first kappa shape index (κ1) is 25.7. The van der Waals surface area contributed by atoms with Crippen LogP contribution in [0.4, 0.5) is 4.79 Å². The average molecular weight is 479 g/mol. The molecular formula is C26H39ClN2O4. The first-order chi connectivity index (χ1) is 15.6. The molecule has 33 heavy (non-hydrogen) atoms. The second kappa shape index (κ2) is 11.0. The first-order valence-corrected chi connectivity index (χ1v) is 12.7. The third kappa shape index (κ3) is 7.26. The molecule has 1 aliphatic carbocycles. The molecule has 3 rings (SSSR count). The Morgan fingerprint density at radius 2 is 1.61 bits per heavy atom. The summed E-state index contributed by atoms with van der Waals surface area (Å²) in [6.45, 7) is 9.44. The number of carbonyl (C=O) groups is 2. The number of piperidine rings is 1. The molecule has 184 valence electrons. The third-order valence-corrected chi connectivity index (χ3v) is 7.04. The van der Waals surface area contributed by atoms with Crippen LogP contribution in [0.1, 0.15) is 72.6 Å². The van der Waals surface area contributed by atoms with Crippen molar-refractivity contribution >= 4 is 23.6 Å². The number of hydrogen-bond donors (Lipinski definition) is 1. The van der Waals surface area contributed by atoms with Crippen LogP contribution in [0.15, 0.2) is 24.3 Å². The smallest absolute Gasteiger partial charge is 0.407 e. The number of amides is 2. The highest BCUT2D eigenvalue weighted by molar-refractivity contribution is 6.30. The maximum absolute atomic E-state index is 13.8. The number of hydrogen-bond acceptors (Lipinski definition) is 4. The second-order valence-corrected chi connectivity index (χ2v) is 11.1. The van der Waals surface area contributed by atoms with Gasteiger partial charge < -0.3 is 19.7 Å². The number of rotatable bonds is 6. The van der Waals surface area contributed by atoms with E-state index in [4.69, 9.17) is 21.1 Å². The van der Waals surface area contributed by atoms with Gasteiger partial charge in [0.05, 0.1) is 0 Å². The number of benzene rings is 1. The Morgan fingerprint density at radius 3 is 2.18 bits per heavy atom. The van der Waals surface area contributed by atoms with Crippen molar-refractivity contribution in [1.29, 1.82) is 0 Å². The Morgan fingerprint density at radius 1 is 1.00 bits per heavy atom. The number of alkyl carbamates (subject to hydrolysis) is 1. The van der Waals surface area contributed by atoms with Crippen LogP contribution in [-0.2, 0) is 9.53 Å². The van der Waals surface area contributed by atoms with Crippen LogP contribution < -0.4 is 10.1 Å².